The second-order valence-corrected chi connectivity index (χ2v) is 6.53. The first-order chi connectivity index (χ1) is 12.3. The van der Waals surface area contributed by atoms with Gasteiger partial charge in [0.25, 0.3) is 5.91 Å². The molecule has 0 spiro atoms. The van der Waals surface area contributed by atoms with Crippen LogP contribution in [0.3, 0.4) is 0 Å². The van der Waals surface area contributed by atoms with Crippen molar-refractivity contribution in [3.63, 3.8) is 0 Å². The molecule has 1 aromatic carbocycles. The lowest BCUT2D eigenvalue weighted by Crippen LogP contribution is -2.45. The number of piperidine rings is 1. The minimum atomic E-state index is -0.456. The highest BCUT2D eigenvalue weighted by molar-refractivity contribution is 5.83. The molecule has 0 radical (unpaired) electrons. The molecule has 1 amide bonds. The Morgan fingerprint density at radius 2 is 1.88 bits per heavy atom. The van der Waals surface area contributed by atoms with E-state index in [2.05, 4.69) is 11.1 Å². The molecule has 0 aliphatic carbocycles. The summed E-state index contributed by atoms with van der Waals surface area (Å²) in [7, 11) is 0. The summed E-state index contributed by atoms with van der Waals surface area (Å²) in [6.07, 6.45) is 5.69. The first-order valence-electron chi connectivity index (χ1n) is 8.86. The number of fused-ring (bicyclic) bond motifs is 1. The number of amides is 1. The SMILES string of the molecule is O=C([C@@H]1OCCc2ccccc21)N1CCC(Oc2ccncc2)CC1. The summed E-state index contributed by atoms with van der Waals surface area (Å²) >= 11 is 0. The van der Waals surface area contributed by atoms with E-state index in [1.54, 1.807) is 12.4 Å². The maximum atomic E-state index is 12.9. The fourth-order valence-electron chi connectivity index (χ4n) is 3.57. The van der Waals surface area contributed by atoms with Gasteiger partial charge in [-0.3, -0.25) is 9.78 Å². The smallest absolute Gasteiger partial charge is 0.256 e. The van der Waals surface area contributed by atoms with Gasteiger partial charge in [-0.1, -0.05) is 24.3 Å². The van der Waals surface area contributed by atoms with Crippen LogP contribution in [0.2, 0.25) is 0 Å². The van der Waals surface area contributed by atoms with E-state index in [1.807, 2.05) is 35.2 Å². The molecule has 1 saturated heterocycles. The Morgan fingerprint density at radius 1 is 1.12 bits per heavy atom. The van der Waals surface area contributed by atoms with Crippen molar-refractivity contribution in [2.45, 2.75) is 31.5 Å². The van der Waals surface area contributed by atoms with Gasteiger partial charge in [-0.05, 0) is 29.7 Å². The van der Waals surface area contributed by atoms with Crippen molar-refractivity contribution >= 4 is 5.91 Å². The first kappa shape index (κ1) is 16.1. The number of likely N-dealkylation sites (tertiary alicyclic amines) is 1. The number of hydrogen-bond acceptors (Lipinski definition) is 4. The molecule has 130 valence electrons. The lowest BCUT2D eigenvalue weighted by molar-refractivity contribution is -0.147. The Labute approximate surface area is 147 Å². The minimum Gasteiger partial charge on any atom is -0.490 e. The van der Waals surface area contributed by atoms with Crippen LogP contribution >= 0.6 is 0 Å². The first-order valence-corrected chi connectivity index (χ1v) is 8.86. The highest BCUT2D eigenvalue weighted by Crippen LogP contribution is 2.30. The molecule has 0 unspecified atom stereocenters. The van der Waals surface area contributed by atoms with Crippen molar-refractivity contribution in [2.75, 3.05) is 19.7 Å². The van der Waals surface area contributed by atoms with Crippen LogP contribution in [0.15, 0.2) is 48.8 Å². The zero-order chi connectivity index (χ0) is 17.1. The molecule has 1 aromatic heterocycles. The molecule has 1 fully saturated rings. The molecule has 2 aliphatic rings. The van der Waals surface area contributed by atoms with Crippen LogP contribution in [-0.2, 0) is 16.0 Å². The van der Waals surface area contributed by atoms with Gasteiger partial charge in [0.2, 0.25) is 0 Å². The third-order valence-corrected chi connectivity index (χ3v) is 4.92. The average molecular weight is 338 g/mol. The summed E-state index contributed by atoms with van der Waals surface area (Å²) < 4.78 is 11.8. The summed E-state index contributed by atoms with van der Waals surface area (Å²) in [6.45, 7) is 2.02. The lowest BCUT2D eigenvalue weighted by Gasteiger charge is -2.35. The van der Waals surface area contributed by atoms with Crippen molar-refractivity contribution in [1.29, 1.82) is 0 Å². The van der Waals surface area contributed by atoms with Gasteiger partial charge in [-0.2, -0.15) is 0 Å². The molecule has 5 heteroatoms. The lowest BCUT2D eigenvalue weighted by atomic mass is 9.96. The van der Waals surface area contributed by atoms with Crippen LogP contribution in [0.25, 0.3) is 0 Å². The zero-order valence-corrected chi connectivity index (χ0v) is 14.1. The van der Waals surface area contributed by atoms with Gasteiger partial charge in [-0.15, -0.1) is 0 Å². The number of benzene rings is 1. The van der Waals surface area contributed by atoms with E-state index in [9.17, 15) is 4.79 Å². The summed E-state index contributed by atoms with van der Waals surface area (Å²) in [5.74, 6) is 0.916. The second-order valence-electron chi connectivity index (χ2n) is 6.53. The molecule has 2 aliphatic heterocycles. The van der Waals surface area contributed by atoms with E-state index in [-0.39, 0.29) is 12.0 Å². The fourth-order valence-corrected chi connectivity index (χ4v) is 3.57. The van der Waals surface area contributed by atoms with Gasteiger partial charge in [0.05, 0.1) is 6.61 Å². The summed E-state index contributed by atoms with van der Waals surface area (Å²) in [5, 5.41) is 0. The minimum absolute atomic E-state index is 0.0783. The van der Waals surface area contributed by atoms with Gasteiger partial charge in [0.15, 0.2) is 6.10 Å². The number of carbonyl (C=O) groups is 1. The van der Waals surface area contributed by atoms with Gasteiger partial charge in [-0.25, -0.2) is 0 Å². The summed E-state index contributed by atoms with van der Waals surface area (Å²) in [5.41, 5.74) is 2.25. The van der Waals surface area contributed by atoms with E-state index in [4.69, 9.17) is 9.47 Å². The molecule has 2 aromatic rings. The maximum absolute atomic E-state index is 12.9. The van der Waals surface area contributed by atoms with Gasteiger partial charge in [0, 0.05) is 38.3 Å². The molecule has 0 saturated carbocycles. The molecular weight excluding hydrogens is 316 g/mol. The van der Waals surface area contributed by atoms with Crippen LogP contribution in [0.1, 0.15) is 30.1 Å². The maximum Gasteiger partial charge on any atom is 0.256 e. The normalized spacial score (nSPS) is 20.8. The predicted molar refractivity (Wildman–Crippen MR) is 93.3 cm³/mol. The molecule has 0 bridgehead atoms. The molecule has 25 heavy (non-hydrogen) atoms. The fraction of sp³-hybridized carbons (Fsp3) is 0.400. The van der Waals surface area contributed by atoms with Gasteiger partial charge < -0.3 is 14.4 Å². The van der Waals surface area contributed by atoms with Crippen LogP contribution in [-0.4, -0.2) is 41.6 Å². The number of pyridine rings is 1. The number of nitrogens with zero attached hydrogens (tertiary/aromatic N) is 2. The molecule has 3 heterocycles. The van der Waals surface area contributed by atoms with Crippen molar-refractivity contribution in [2.24, 2.45) is 0 Å². The molecule has 0 N–H and O–H groups in total. The predicted octanol–water partition coefficient (Wildman–Crippen LogP) is 2.77. The van der Waals surface area contributed by atoms with E-state index >= 15 is 0 Å². The van der Waals surface area contributed by atoms with Gasteiger partial charge >= 0.3 is 0 Å². The topological polar surface area (TPSA) is 51.7 Å². The Balaban J connectivity index is 1.37. The van der Waals surface area contributed by atoms with E-state index in [0.717, 1.165) is 30.6 Å². The second kappa shape index (κ2) is 7.23. The largest absolute Gasteiger partial charge is 0.490 e. The number of hydrogen-bond donors (Lipinski definition) is 0. The number of carbonyl (C=O) groups excluding carboxylic acids is 1. The Morgan fingerprint density at radius 3 is 2.68 bits per heavy atom. The van der Waals surface area contributed by atoms with E-state index in [1.165, 1.54) is 5.56 Å². The van der Waals surface area contributed by atoms with Gasteiger partial charge in [0.1, 0.15) is 11.9 Å². The van der Waals surface area contributed by atoms with Crippen LogP contribution in [0.5, 0.6) is 5.75 Å². The van der Waals surface area contributed by atoms with Crippen LogP contribution in [0, 0.1) is 0 Å². The standard InChI is InChI=1S/C20H22N2O3/c23-20(19-18-4-2-1-3-15(18)9-14-24-19)22-12-7-17(8-13-22)25-16-5-10-21-11-6-16/h1-6,10-11,17,19H,7-9,12-14H2/t19-/m1/s1. The Kier molecular flexibility index (Phi) is 4.65. The number of ether oxygens (including phenoxy) is 2. The highest BCUT2D eigenvalue weighted by Gasteiger charge is 2.33. The quantitative estimate of drug-likeness (QED) is 0.863. The Hall–Kier alpha value is -2.40. The summed E-state index contributed by atoms with van der Waals surface area (Å²) in [4.78, 5) is 18.8. The Bertz CT molecular complexity index is 727. The van der Waals surface area contributed by atoms with Crippen molar-refractivity contribution in [3.8, 4) is 5.75 Å². The van der Waals surface area contributed by atoms with E-state index in [0.29, 0.717) is 19.7 Å². The van der Waals surface area contributed by atoms with Crippen LogP contribution in [0.4, 0.5) is 0 Å². The number of aromatic nitrogens is 1. The third-order valence-electron chi connectivity index (χ3n) is 4.92. The summed E-state index contributed by atoms with van der Waals surface area (Å²) in [6, 6.07) is 11.8. The van der Waals surface area contributed by atoms with Crippen molar-refractivity contribution < 1.29 is 14.3 Å². The number of rotatable bonds is 3. The third kappa shape index (κ3) is 3.51. The van der Waals surface area contributed by atoms with Crippen LogP contribution < -0.4 is 4.74 Å². The molecule has 4 rings (SSSR count). The van der Waals surface area contributed by atoms with E-state index < -0.39 is 6.10 Å². The molecule has 1 atom stereocenters. The highest BCUT2D eigenvalue weighted by atomic mass is 16.5. The monoisotopic (exact) mass is 338 g/mol. The van der Waals surface area contributed by atoms with Crippen molar-refractivity contribution in [1.82, 2.24) is 9.88 Å². The average Bonchev–Trinajstić information content (AvgIpc) is 2.68. The molecule has 5 nitrogen and oxygen atoms in total. The molecular formula is C20H22N2O3. The zero-order valence-electron chi connectivity index (χ0n) is 14.1. The van der Waals surface area contributed by atoms with Crippen molar-refractivity contribution in [3.05, 3.63) is 59.9 Å².